The highest BCUT2D eigenvalue weighted by Gasteiger charge is 2.23. The first-order chi connectivity index (χ1) is 5.68. The average molecular weight is 232 g/mol. The van der Waals surface area contributed by atoms with E-state index in [-0.39, 0.29) is 5.82 Å². The Kier molecular flexibility index (Phi) is 1.81. The summed E-state index contributed by atoms with van der Waals surface area (Å²) in [6.07, 6.45) is -0.591. The molecule has 4 heteroatoms. The zero-order valence-corrected chi connectivity index (χ0v) is 7.73. The molecule has 1 aliphatic rings. The van der Waals surface area contributed by atoms with Crippen molar-refractivity contribution < 1.29 is 9.50 Å². The number of hydrogen-bond acceptors (Lipinski definition) is 2. The summed E-state index contributed by atoms with van der Waals surface area (Å²) in [6.45, 7) is 0.392. The molecule has 2 nitrogen and oxygen atoms in total. The monoisotopic (exact) mass is 231 g/mol. The normalized spacial score (nSPS) is 20.4. The molecule has 1 aliphatic heterocycles. The van der Waals surface area contributed by atoms with Crippen LogP contribution < -0.4 is 5.32 Å². The van der Waals surface area contributed by atoms with Crippen molar-refractivity contribution in [1.29, 1.82) is 0 Å². The second-order valence-corrected chi connectivity index (χ2v) is 3.66. The summed E-state index contributed by atoms with van der Waals surface area (Å²) in [4.78, 5) is 0. The molecule has 0 aromatic heterocycles. The molecule has 0 fully saturated rings. The lowest BCUT2D eigenvalue weighted by Gasteiger charge is -2.02. The van der Waals surface area contributed by atoms with Gasteiger partial charge in [0.1, 0.15) is 5.82 Å². The van der Waals surface area contributed by atoms with E-state index >= 15 is 0 Å². The molecule has 2 N–H and O–H groups in total. The summed E-state index contributed by atoms with van der Waals surface area (Å²) in [5, 5.41) is 12.2. The lowest BCUT2D eigenvalue weighted by atomic mass is 10.1. The molecule has 0 saturated carbocycles. The van der Waals surface area contributed by atoms with Crippen molar-refractivity contribution in [2.75, 3.05) is 11.9 Å². The van der Waals surface area contributed by atoms with Crippen LogP contribution in [0.15, 0.2) is 16.6 Å². The Morgan fingerprint density at radius 2 is 2.33 bits per heavy atom. The number of aliphatic hydroxyl groups is 1. The van der Waals surface area contributed by atoms with E-state index in [9.17, 15) is 9.50 Å². The number of nitrogens with one attached hydrogen (secondary N) is 1. The van der Waals surface area contributed by atoms with Gasteiger partial charge in [0, 0.05) is 16.6 Å². The van der Waals surface area contributed by atoms with E-state index in [1.54, 1.807) is 6.07 Å². The van der Waals surface area contributed by atoms with Gasteiger partial charge < -0.3 is 10.4 Å². The molecule has 1 heterocycles. The van der Waals surface area contributed by atoms with Crippen molar-refractivity contribution >= 4 is 21.6 Å². The molecule has 12 heavy (non-hydrogen) atoms. The van der Waals surface area contributed by atoms with E-state index in [0.717, 1.165) is 0 Å². The Hall–Kier alpha value is -0.610. The third kappa shape index (κ3) is 1.11. The van der Waals surface area contributed by atoms with Crippen LogP contribution in [0.5, 0.6) is 0 Å². The van der Waals surface area contributed by atoms with Crippen molar-refractivity contribution in [3.63, 3.8) is 0 Å². The van der Waals surface area contributed by atoms with Crippen LogP contribution in [0.2, 0.25) is 0 Å². The second-order valence-electron chi connectivity index (χ2n) is 2.75. The van der Waals surface area contributed by atoms with Gasteiger partial charge in [-0.1, -0.05) is 15.9 Å². The van der Waals surface area contributed by atoms with E-state index in [2.05, 4.69) is 21.2 Å². The fraction of sp³-hybridized carbons (Fsp3) is 0.250. The van der Waals surface area contributed by atoms with Crippen molar-refractivity contribution in [1.82, 2.24) is 0 Å². The van der Waals surface area contributed by atoms with Gasteiger partial charge in [0.2, 0.25) is 0 Å². The highest BCUT2D eigenvalue weighted by Crippen LogP contribution is 2.34. The maximum Gasteiger partial charge on any atom is 0.147 e. The number of halogens is 2. The molecule has 0 amide bonds. The van der Waals surface area contributed by atoms with Crippen LogP contribution in [0.1, 0.15) is 11.7 Å². The number of β-amino-alcohol motifs (C(OH)–C–C–N with tert-alkyl or cyclic N) is 1. The topological polar surface area (TPSA) is 32.3 Å². The highest BCUT2D eigenvalue weighted by molar-refractivity contribution is 9.10. The van der Waals surface area contributed by atoms with Crippen LogP contribution in [-0.4, -0.2) is 11.7 Å². The van der Waals surface area contributed by atoms with Crippen molar-refractivity contribution in [3.05, 3.63) is 28.0 Å². The summed E-state index contributed by atoms with van der Waals surface area (Å²) in [5.74, 6) is -0.323. The lowest BCUT2D eigenvalue weighted by Crippen LogP contribution is -1.99. The van der Waals surface area contributed by atoms with Crippen molar-refractivity contribution in [2.45, 2.75) is 6.10 Å². The van der Waals surface area contributed by atoms with Crippen molar-refractivity contribution in [2.24, 2.45) is 0 Å². The number of fused-ring (bicyclic) bond motifs is 1. The summed E-state index contributed by atoms with van der Waals surface area (Å²) >= 11 is 3.16. The Balaban J connectivity index is 2.60. The maximum atomic E-state index is 13.1. The average Bonchev–Trinajstić information content (AvgIpc) is 2.33. The minimum absolute atomic E-state index is 0.323. The first-order valence-corrected chi connectivity index (χ1v) is 4.38. The van der Waals surface area contributed by atoms with Crippen LogP contribution in [-0.2, 0) is 0 Å². The largest absolute Gasteiger partial charge is 0.386 e. The van der Waals surface area contributed by atoms with Gasteiger partial charge in [-0.15, -0.1) is 0 Å². The smallest absolute Gasteiger partial charge is 0.147 e. The van der Waals surface area contributed by atoms with E-state index < -0.39 is 6.10 Å². The Morgan fingerprint density at radius 1 is 1.58 bits per heavy atom. The third-order valence-electron chi connectivity index (χ3n) is 1.92. The van der Waals surface area contributed by atoms with E-state index in [0.29, 0.717) is 22.3 Å². The van der Waals surface area contributed by atoms with Crippen LogP contribution in [0.3, 0.4) is 0 Å². The third-order valence-corrected chi connectivity index (χ3v) is 2.37. The zero-order valence-electron chi connectivity index (χ0n) is 6.14. The zero-order chi connectivity index (χ0) is 8.72. The van der Waals surface area contributed by atoms with Gasteiger partial charge in [-0.2, -0.15) is 0 Å². The van der Waals surface area contributed by atoms with Gasteiger partial charge in [0.25, 0.3) is 0 Å². The molecule has 0 spiro atoms. The summed E-state index contributed by atoms with van der Waals surface area (Å²) < 4.78 is 13.8. The van der Waals surface area contributed by atoms with Gasteiger partial charge in [-0.05, 0) is 12.1 Å². The standard InChI is InChI=1S/C8H7BrFNO/c9-4-1-5-7(12)3-11-8(5)6(10)2-4/h1-2,7,11-12H,3H2/t7-/m1/s1. The molecule has 0 saturated heterocycles. The molecular formula is C8H7BrFNO. The molecular weight excluding hydrogens is 225 g/mol. The highest BCUT2D eigenvalue weighted by atomic mass is 79.9. The number of hydrogen-bond donors (Lipinski definition) is 2. The number of rotatable bonds is 0. The molecule has 0 aliphatic carbocycles. The van der Waals surface area contributed by atoms with Gasteiger partial charge >= 0.3 is 0 Å². The fourth-order valence-electron chi connectivity index (χ4n) is 1.35. The minimum Gasteiger partial charge on any atom is -0.386 e. The van der Waals surface area contributed by atoms with Crippen LogP contribution in [0, 0.1) is 5.82 Å². The first-order valence-electron chi connectivity index (χ1n) is 3.59. The van der Waals surface area contributed by atoms with Crippen molar-refractivity contribution in [3.8, 4) is 0 Å². The van der Waals surface area contributed by atoms with E-state index in [1.807, 2.05) is 0 Å². The Morgan fingerprint density at radius 3 is 3.08 bits per heavy atom. The molecule has 0 unspecified atom stereocenters. The number of aliphatic hydroxyl groups excluding tert-OH is 1. The summed E-state index contributed by atoms with van der Waals surface area (Å²) in [6, 6.07) is 3.10. The summed E-state index contributed by atoms with van der Waals surface area (Å²) in [7, 11) is 0. The molecule has 1 aromatic rings. The Labute approximate surface area is 77.5 Å². The van der Waals surface area contributed by atoms with Gasteiger partial charge in [-0.3, -0.25) is 0 Å². The molecule has 1 aromatic carbocycles. The van der Waals surface area contributed by atoms with E-state index in [1.165, 1.54) is 6.07 Å². The van der Waals surface area contributed by atoms with Crippen LogP contribution in [0.25, 0.3) is 0 Å². The van der Waals surface area contributed by atoms with Gasteiger partial charge in [0.15, 0.2) is 0 Å². The predicted octanol–water partition coefficient (Wildman–Crippen LogP) is 2.05. The van der Waals surface area contributed by atoms with Crippen LogP contribution in [0.4, 0.5) is 10.1 Å². The van der Waals surface area contributed by atoms with Crippen LogP contribution >= 0.6 is 15.9 Å². The van der Waals surface area contributed by atoms with E-state index in [4.69, 9.17) is 0 Å². The SMILES string of the molecule is O[C@@H]1CNc2c(F)cc(Br)cc21. The Bertz CT molecular complexity index is 329. The quantitative estimate of drug-likeness (QED) is 0.717. The first kappa shape index (κ1) is 8.01. The summed E-state index contributed by atoms with van der Waals surface area (Å²) in [5.41, 5.74) is 1.05. The number of anilines is 1. The van der Waals surface area contributed by atoms with Gasteiger partial charge in [-0.25, -0.2) is 4.39 Å². The molecule has 0 bridgehead atoms. The lowest BCUT2D eigenvalue weighted by molar-refractivity contribution is 0.199. The molecule has 0 radical (unpaired) electrons. The molecule has 64 valence electrons. The fourth-order valence-corrected chi connectivity index (χ4v) is 1.80. The maximum absolute atomic E-state index is 13.1. The predicted molar refractivity (Wildman–Crippen MR) is 47.5 cm³/mol. The molecule has 2 rings (SSSR count). The number of benzene rings is 1. The molecule has 1 atom stereocenters. The minimum atomic E-state index is -0.591. The second kappa shape index (κ2) is 2.71. The van der Waals surface area contributed by atoms with Gasteiger partial charge in [0.05, 0.1) is 11.8 Å².